The van der Waals surface area contributed by atoms with Crippen LogP contribution in [-0.2, 0) is 4.79 Å². The maximum absolute atomic E-state index is 12.3. The zero-order valence-corrected chi connectivity index (χ0v) is 13.5. The van der Waals surface area contributed by atoms with Crippen molar-refractivity contribution in [2.75, 3.05) is 5.32 Å². The Morgan fingerprint density at radius 1 is 1.04 bits per heavy atom. The van der Waals surface area contributed by atoms with Crippen molar-refractivity contribution in [3.63, 3.8) is 0 Å². The first-order valence-corrected chi connectivity index (χ1v) is 7.32. The second-order valence-electron chi connectivity index (χ2n) is 4.94. The van der Waals surface area contributed by atoms with Crippen molar-refractivity contribution in [1.82, 2.24) is 0 Å². The Hall–Kier alpha value is -3.10. The van der Waals surface area contributed by atoms with Gasteiger partial charge < -0.3 is 10.4 Å². The number of nitriles is 1. The number of hydrogen-bond donors (Lipinski definition) is 2. The minimum Gasteiger partial charge on any atom is -0.511 e. The van der Waals surface area contributed by atoms with Gasteiger partial charge in [-0.3, -0.25) is 9.59 Å². The summed E-state index contributed by atoms with van der Waals surface area (Å²) in [6.45, 7) is 1.26. The number of anilines is 1. The summed E-state index contributed by atoms with van der Waals surface area (Å²) in [5.74, 6) is -1.24. The van der Waals surface area contributed by atoms with E-state index in [4.69, 9.17) is 16.9 Å². The lowest BCUT2D eigenvalue weighted by Gasteiger charge is -2.06. The van der Waals surface area contributed by atoms with Gasteiger partial charge in [0.05, 0.1) is 0 Å². The second-order valence-corrected chi connectivity index (χ2v) is 5.38. The second kappa shape index (κ2) is 7.44. The van der Waals surface area contributed by atoms with E-state index in [2.05, 4.69) is 5.32 Å². The van der Waals surface area contributed by atoms with Gasteiger partial charge in [-0.15, -0.1) is 0 Å². The molecule has 1 amide bonds. The predicted molar refractivity (Wildman–Crippen MR) is 90.9 cm³/mol. The number of halogens is 1. The first kappa shape index (κ1) is 17.3. The van der Waals surface area contributed by atoms with Gasteiger partial charge >= 0.3 is 0 Å². The van der Waals surface area contributed by atoms with Crippen LogP contribution in [0.2, 0.25) is 5.02 Å². The summed E-state index contributed by atoms with van der Waals surface area (Å²) in [7, 11) is 0. The van der Waals surface area contributed by atoms with E-state index < -0.39 is 5.91 Å². The Morgan fingerprint density at radius 3 is 2.00 bits per heavy atom. The molecule has 0 aliphatic heterocycles. The number of hydrogen-bond acceptors (Lipinski definition) is 4. The number of nitrogens with zero attached hydrogens (tertiary/aromatic N) is 1. The molecule has 0 heterocycles. The van der Waals surface area contributed by atoms with Crippen LogP contribution in [0.25, 0.3) is 0 Å². The normalized spacial score (nSPS) is 11.2. The summed E-state index contributed by atoms with van der Waals surface area (Å²) in [5.41, 5.74) is 0.990. The molecule has 0 aliphatic rings. The SMILES string of the molecule is C/C(O)=C(\C#N)C(=O)Nc1ccc(C(=O)c2ccc(Cl)cc2)cc1. The highest BCUT2D eigenvalue weighted by Gasteiger charge is 2.13. The van der Waals surface area contributed by atoms with Crippen LogP contribution in [-0.4, -0.2) is 16.8 Å². The van der Waals surface area contributed by atoms with Crippen molar-refractivity contribution >= 4 is 29.0 Å². The van der Waals surface area contributed by atoms with E-state index >= 15 is 0 Å². The van der Waals surface area contributed by atoms with Crippen LogP contribution in [0.4, 0.5) is 5.69 Å². The molecule has 0 radical (unpaired) electrons. The first-order chi connectivity index (χ1) is 11.4. The monoisotopic (exact) mass is 340 g/mol. The molecule has 2 N–H and O–H groups in total. The Labute approximate surface area is 143 Å². The van der Waals surface area contributed by atoms with Crippen molar-refractivity contribution in [3.05, 3.63) is 76.0 Å². The van der Waals surface area contributed by atoms with Crippen LogP contribution in [0.5, 0.6) is 0 Å². The summed E-state index contributed by atoms with van der Waals surface area (Å²) in [5, 5.41) is 21.1. The summed E-state index contributed by atoms with van der Waals surface area (Å²) < 4.78 is 0. The van der Waals surface area contributed by atoms with Gasteiger partial charge in [0.1, 0.15) is 11.8 Å². The number of benzene rings is 2. The molecule has 0 fully saturated rings. The van der Waals surface area contributed by atoms with Gasteiger partial charge in [-0.25, -0.2) is 0 Å². The molecular weight excluding hydrogens is 328 g/mol. The van der Waals surface area contributed by atoms with E-state index in [0.29, 0.717) is 21.8 Å². The average molecular weight is 341 g/mol. The van der Waals surface area contributed by atoms with Crippen molar-refractivity contribution in [2.45, 2.75) is 6.92 Å². The Balaban J connectivity index is 2.15. The van der Waals surface area contributed by atoms with Gasteiger partial charge in [0.15, 0.2) is 11.4 Å². The third-order valence-electron chi connectivity index (χ3n) is 3.21. The molecule has 2 aromatic carbocycles. The lowest BCUT2D eigenvalue weighted by atomic mass is 10.0. The molecule has 2 rings (SSSR count). The highest BCUT2D eigenvalue weighted by molar-refractivity contribution is 6.30. The standard InChI is InChI=1S/C18H13ClN2O3/c1-11(22)16(10-20)18(24)21-15-8-4-13(5-9-15)17(23)12-2-6-14(19)7-3-12/h2-9,22H,1H3,(H,21,24)/b16-11-. The van der Waals surface area contributed by atoms with Crippen LogP contribution < -0.4 is 5.32 Å². The fourth-order valence-corrected chi connectivity index (χ4v) is 2.09. The molecule has 120 valence electrons. The van der Waals surface area contributed by atoms with Crippen molar-refractivity contribution in [3.8, 4) is 6.07 Å². The molecular formula is C18H13ClN2O3. The smallest absolute Gasteiger partial charge is 0.269 e. The number of carbonyl (C=O) groups excluding carboxylic acids is 2. The molecule has 0 aromatic heterocycles. The number of aliphatic hydroxyl groups is 1. The minimum atomic E-state index is -0.714. The highest BCUT2D eigenvalue weighted by atomic mass is 35.5. The van der Waals surface area contributed by atoms with Crippen molar-refractivity contribution in [2.24, 2.45) is 0 Å². The average Bonchev–Trinajstić information content (AvgIpc) is 2.56. The van der Waals surface area contributed by atoms with E-state index in [1.807, 2.05) is 0 Å². The van der Waals surface area contributed by atoms with Crippen LogP contribution >= 0.6 is 11.6 Å². The molecule has 0 atom stereocenters. The molecule has 2 aromatic rings. The number of amides is 1. The maximum Gasteiger partial charge on any atom is 0.269 e. The van der Waals surface area contributed by atoms with E-state index in [1.54, 1.807) is 54.6 Å². The lowest BCUT2D eigenvalue weighted by Crippen LogP contribution is -2.15. The van der Waals surface area contributed by atoms with Gasteiger partial charge in [-0.2, -0.15) is 5.26 Å². The van der Waals surface area contributed by atoms with E-state index in [1.165, 1.54) is 6.92 Å². The third-order valence-corrected chi connectivity index (χ3v) is 3.46. The summed E-state index contributed by atoms with van der Waals surface area (Å²) >= 11 is 5.80. The number of allylic oxidation sites excluding steroid dienone is 1. The van der Waals surface area contributed by atoms with Crippen LogP contribution in [0.1, 0.15) is 22.8 Å². The van der Waals surface area contributed by atoms with Crippen LogP contribution in [0.15, 0.2) is 59.9 Å². The fourth-order valence-electron chi connectivity index (χ4n) is 1.96. The molecule has 0 bridgehead atoms. The van der Waals surface area contributed by atoms with E-state index in [-0.39, 0.29) is 17.1 Å². The highest BCUT2D eigenvalue weighted by Crippen LogP contribution is 2.16. The lowest BCUT2D eigenvalue weighted by molar-refractivity contribution is -0.112. The zero-order valence-electron chi connectivity index (χ0n) is 12.7. The Kier molecular flexibility index (Phi) is 5.35. The van der Waals surface area contributed by atoms with E-state index in [9.17, 15) is 14.7 Å². The Bertz CT molecular complexity index is 843. The molecule has 24 heavy (non-hydrogen) atoms. The molecule has 0 saturated carbocycles. The van der Waals surface area contributed by atoms with Gasteiger partial charge in [-0.1, -0.05) is 11.6 Å². The third kappa shape index (κ3) is 4.00. The van der Waals surface area contributed by atoms with Crippen molar-refractivity contribution in [1.29, 1.82) is 5.26 Å². The maximum atomic E-state index is 12.3. The predicted octanol–water partition coefficient (Wildman–Crippen LogP) is 3.87. The quantitative estimate of drug-likeness (QED) is 0.382. The van der Waals surface area contributed by atoms with Gasteiger partial charge in [0, 0.05) is 21.8 Å². The van der Waals surface area contributed by atoms with Crippen molar-refractivity contribution < 1.29 is 14.7 Å². The number of nitrogens with one attached hydrogen (secondary N) is 1. The van der Waals surface area contributed by atoms with Gasteiger partial charge in [0.2, 0.25) is 0 Å². The van der Waals surface area contributed by atoms with Gasteiger partial charge in [0.25, 0.3) is 5.91 Å². The molecule has 6 heteroatoms. The molecule has 0 unspecified atom stereocenters. The fraction of sp³-hybridized carbons (Fsp3) is 0.0556. The van der Waals surface area contributed by atoms with E-state index in [0.717, 1.165) is 0 Å². The number of carbonyl (C=O) groups is 2. The zero-order chi connectivity index (χ0) is 17.7. The molecule has 0 aliphatic carbocycles. The summed E-state index contributed by atoms with van der Waals surface area (Å²) in [4.78, 5) is 24.1. The number of rotatable bonds is 4. The first-order valence-electron chi connectivity index (χ1n) is 6.94. The topological polar surface area (TPSA) is 90.2 Å². The summed E-state index contributed by atoms with van der Waals surface area (Å²) in [6.07, 6.45) is 0. The molecule has 0 saturated heterocycles. The molecule has 0 spiro atoms. The minimum absolute atomic E-state index is 0.173. The largest absolute Gasteiger partial charge is 0.511 e. The number of aliphatic hydroxyl groups excluding tert-OH is 1. The van der Waals surface area contributed by atoms with Gasteiger partial charge in [-0.05, 0) is 55.5 Å². The summed E-state index contributed by atoms with van der Waals surface area (Å²) in [6, 6.07) is 14.4. The Morgan fingerprint density at radius 2 is 1.54 bits per heavy atom. The molecule has 5 nitrogen and oxygen atoms in total. The van der Waals surface area contributed by atoms with Crippen LogP contribution in [0.3, 0.4) is 0 Å². The number of ketones is 1. The van der Waals surface area contributed by atoms with Crippen LogP contribution in [0, 0.1) is 11.3 Å².